The molecule has 1 unspecified atom stereocenters. The summed E-state index contributed by atoms with van der Waals surface area (Å²) in [5.74, 6) is -0.0892. The van der Waals surface area contributed by atoms with E-state index in [4.69, 9.17) is 0 Å². The summed E-state index contributed by atoms with van der Waals surface area (Å²) in [6.45, 7) is 2.68. The maximum absolute atomic E-state index is 11.7. The van der Waals surface area contributed by atoms with Crippen molar-refractivity contribution in [1.29, 1.82) is 0 Å². The lowest BCUT2D eigenvalue weighted by Gasteiger charge is -2.19. The number of hydrogen-bond acceptors (Lipinski definition) is 3. The quantitative estimate of drug-likeness (QED) is 0.854. The van der Waals surface area contributed by atoms with Crippen LogP contribution in [0.2, 0.25) is 0 Å². The van der Waals surface area contributed by atoms with Gasteiger partial charge in [-0.25, -0.2) is 4.98 Å². The molecule has 0 saturated heterocycles. The van der Waals surface area contributed by atoms with E-state index in [0.717, 1.165) is 4.60 Å². The van der Waals surface area contributed by atoms with Gasteiger partial charge in [0.2, 0.25) is 0 Å². The van der Waals surface area contributed by atoms with Crippen LogP contribution in [0.15, 0.2) is 22.9 Å². The van der Waals surface area contributed by atoms with E-state index in [1.54, 1.807) is 18.3 Å². The molecule has 1 atom stereocenters. The van der Waals surface area contributed by atoms with Crippen molar-refractivity contribution in [2.75, 3.05) is 20.6 Å². The molecule has 1 rings (SSSR count). The highest BCUT2D eigenvalue weighted by atomic mass is 79.9. The van der Waals surface area contributed by atoms with Crippen molar-refractivity contribution < 1.29 is 4.79 Å². The van der Waals surface area contributed by atoms with Gasteiger partial charge in [0.05, 0.1) is 5.56 Å². The number of halogens is 1. The molecular weight excluding hydrogens is 270 g/mol. The molecule has 1 aromatic heterocycles. The van der Waals surface area contributed by atoms with Gasteiger partial charge >= 0.3 is 0 Å². The molecule has 1 amide bonds. The average molecular weight is 286 g/mol. The number of amides is 1. The third-order valence-electron chi connectivity index (χ3n) is 2.43. The van der Waals surface area contributed by atoms with Gasteiger partial charge in [0, 0.05) is 18.8 Å². The van der Waals surface area contributed by atoms with Gasteiger partial charge in [-0.15, -0.1) is 0 Å². The maximum atomic E-state index is 11.7. The summed E-state index contributed by atoms with van der Waals surface area (Å²) in [7, 11) is 3.97. The predicted molar refractivity (Wildman–Crippen MR) is 67.4 cm³/mol. The zero-order valence-corrected chi connectivity index (χ0v) is 11.3. The molecule has 88 valence electrons. The second-order valence-corrected chi connectivity index (χ2v) is 4.70. The van der Waals surface area contributed by atoms with Gasteiger partial charge in [0.25, 0.3) is 5.91 Å². The van der Waals surface area contributed by atoms with Crippen molar-refractivity contribution in [3.05, 3.63) is 28.5 Å². The fourth-order valence-electron chi connectivity index (χ4n) is 1.04. The minimum absolute atomic E-state index is 0.0892. The predicted octanol–water partition coefficient (Wildman–Crippen LogP) is 1.52. The standard InChI is InChI=1S/C11H16BrN3O/c1-8(15(2)3)6-14-11(16)9-4-5-10(12)13-7-9/h4-5,7-8H,6H2,1-3H3,(H,14,16). The Labute approximate surface area is 104 Å². The molecule has 1 aromatic rings. The molecule has 0 aliphatic carbocycles. The summed E-state index contributed by atoms with van der Waals surface area (Å²) < 4.78 is 0.728. The molecule has 0 aliphatic heterocycles. The zero-order valence-electron chi connectivity index (χ0n) is 9.70. The third-order valence-corrected chi connectivity index (χ3v) is 2.90. The Morgan fingerprint density at radius 1 is 1.56 bits per heavy atom. The minimum atomic E-state index is -0.0892. The van der Waals surface area contributed by atoms with Crippen molar-refractivity contribution in [3.63, 3.8) is 0 Å². The first-order valence-electron chi connectivity index (χ1n) is 5.07. The summed E-state index contributed by atoms with van der Waals surface area (Å²) in [5, 5.41) is 2.86. The SMILES string of the molecule is CC(CNC(=O)c1ccc(Br)nc1)N(C)C. The molecule has 1 heterocycles. The van der Waals surface area contributed by atoms with Crippen LogP contribution in [0.1, 0.15) is 17.3 Å². The van der Waals surface area contributed by atoms with Crippen LogP contribution in [0, 0.1) is 0 Å². The molecule has 1 N–H and O–H groups in total. The Bertz CT molecular complexity index is 351. The van der Waals surface area contributed by atoms with Gasteiger partial charge in [-0.3, -0.25) is 4.79 Å². The summed E-state index contributed by atoms with van der Waals surface area (Å²) >= 11 is 3.23. The van der Waals surface area contributed by atoms with Crippen LogP contribution in [0.5, 0.6) is 0 Å². The lowest BCUT2D eigenvalue weighted by Crippen LogP contribution is -2.38. The number of carbonyl (C=O) groups is 1. The largest absolute Gasteiger partial charge is 0.350 e. The summed E-state index contributed by atoms with van der Waals surface area (Å²) in [4.78, 5) is 17.8. The Morgan fingerprint density at radius 3 is 2.75 bits per heavy atom. The lowest BCUT2D eigenvalue weighted by atomic mass is 10.2. The highest BCUT2D eigenvalue weighted by Crippen LogP contribution is 2.06. The van der Waals surface area contributed by atoms with E-state index >= 15 is 0 Å². The van der Waals surface area contributed by atoms with Crippen molar-refractivity contribution in [2.24, 2.45) is 0 Å². The minimum Gasteiger partial charge on any atom is -0.350 e. The van der Waals surface area contributed by atoms with E-state index in [1.165, 1.54) is 0 Å². The van der Waals surface area contributed by atoms with Gasteiger partial charge in [0.15, 0.2) is 0 Å². The molecule has 0 bridgehead atoms. The number of nitrogens with zero attached hydrogens (tertiary/aromatic N) is 2. The van der Waals surface area contributed by atoms with Crippen molar-refractivity contribution in [3.8, 4) is 0 Å². The van der Waals surface area contributed by atoms with Gasteiger partial charge < -0.3 is 10.2 Å². The smallest absolute Gasteiger partial charge is 0.252 e. The number of likely N-dealkylation sites (N-methyl/N-ethyl adjacent to an activating group) is 1. The maximum Gasteiger partial charge on any atom is 0.252 e. The van der Waals surface area contributed by atoms with E-state index in [1.807, 2.05) is 14.1 Å². The first kappa shape index (κ1) is 13.1. The number of nitrogens with one attached hydrogen (secondary N) is 1. The lowest BCUT2D eigenvalue weighted by molar-refractivity contribution is 0.0943. The fraction of sp³-hybridized carbons (Fsp3) is 0.455. The van der Waals surface area contributed by atoms with Crippen molar-refractivity contribution in [1.82, 2.24) is 15.2 Å². The van der Waals surface area contributed by atoms with Crippen molar-refractivity contribution >= 4 is 21.8 Å². The van der Waals surface area contributed by atoms with E-state index in [-0.39, 0.29) is 5.91 Å². The molecule has 16 heavy (non-hydrogen) atoms. The van der Waals surface area contributed by atoms with Gasteiger partial charge in [-0.05, 0) is 49.1 Å². The van der Waals surface area contributed by atoms with Gasteiger partial charge in [0.1, 0.15) is 4.60 Å². The van der Waals surface area contributed by atoms with Crippen LogP contribution >= 0.6 is 15.9 Å². The summed E-state index contributed by atoms with van der Waals surface area (Å²) in [6.07, 6.45) is 1.56. The van der Waals surface area contributed by atoms with E-state index in [9.17, 15) is 4.79 Å². The van der Waals surface area contributed by atoms with E-state index < -0.39 is 0 Å². The zero-order chi connectivity index (χ0) is 12.1. The number of rotatable bonds is 4. The van der Waals surface area contributed by atoms with E-state index in [2.05, 4.69) is 38.1 Å². The highest BCUT2D eigenvalue weighted by molar-refractivity contribution is 9.10. The molecule has 0 saturated carbocycles. The normalized spacial score (nSPS) is 12.6. The van der Waals surface area contributed by atoms with Crippen LogP contribution in [-0.4, -0.2) is 42.5 Å². The van der Waals surface area contributed by atoms with Crippen LogP contribution in [0.3, 0.4) is 0 Å². The summed E-state index contributed by atoms with van der Waals surface area (Å²) in [6, 6.07) is 3.81. The van der Waals surface area contributed by atoms with E-state index in [0.29, 0.717) is 18.2 Å². The number of pyridine rings is 1. The monoisotopic (exact) mass is 285 g/mol. The van der Waals surface area contributed by atoms with Crippen LogP contribution in [-0.2, 0) is 0 Å². The molecule has 0 radical (unpaired) electrons. The number of carbonyl (C=O) groups excluding carboxylic acids is 1. The molecule has 5 heteroatoms. The van der Waals surface area contributed by atoms with Gasteiger partial charge in [-0.1, -0.05) is 0 Å². The second kappa shape index (κ2) is 5.96. The Kier molecular flexibility index (Phi) is 4.89. The van der Waals surface area contributed by atoms with Crippen LogP contribution in [0.25, 0.3) is 0 Å². The molecule has 0 fully saturated rings. The Morgan fingerprint density at radius 2 is 2.25 bits per heavy atom. The first-order chi connectivity index (χ1) is 7.50. The third kappa shape index (κ3) is 3.90. The topological polar surface area (TPSA) is 45.2 Å². The highest BCUT2D eigenvalue weighted by Gasteiger charge is 2.09. The first-order valence-corrected chi connectivity index (χ1v) is 5.86. The van der Waals surface area contributed by atoms with Crippen LogP contribution < -0.4 is 5.32 Å². The number of hydrogen-bond donors (Lipinski definition) is 1. The Balaban J connectivity index is 2.50. The number of aromatic nitrogens is 1. The average Bonchev–Trinajstić information content (AvgIpc) is 2.26. The second-order valence-electron chi connectivity index (χ2n) is 3.89. The Hall–Kier alpha value is -0.940. The molecule has 0 aliphatic rings. The van der Waals surface area contributed by atoms with Crippen LogP contribution in [0.4, 0.5) is 0 Å². The molecule has 0 spiro atoms. The van der Waals surface area contributed by atoms with Crippen molar-refractivity contribution in [2.45, 2.75) is 13.0 Å². The molecule has 4 nitrogen and oxygen atoms in total. The van der Waals surface area contributed by atoms with Gasteiger partial charge in [-0.2, -0.15) is 0 Å². The summed E-state index contributed by atoms with van der Waals surface area (Å²) in [5.41, 5.74) is 0.578. The molecule has 0 aromatic carbocycles. The molecular formula is C11H16BrN3O. The fourth-order valence-corrected chi connectivity index (χ4v) is 1.27.